The van der Waals surface area contributed by atoms with Crippen LogP contribution in [0.5, 0.6) is 0 Å². The summed E-state index contributed by atoms with van der Waals surface area (Å²) in [5.74, 6) is 0.730. The minimum atomic E-state index is -0.954. The van der Waals surface area contributed by atoms with Crippen LogP contribution in [0.1, 0.15) is 29.8 Å². The quantitative estimate of drug-likeness (QED) is 0.519. The Balaban J connectivity index is 1.74. The molecule has 1 fully saturated rings. The Morgan fingerprint density at radius 1 is 1.23 bits per heavy atom. The number of aromatic amines is 1. The van der Waals surface area contributed by atoms with Crippen LogP contribution in [0.2, 0.25) is 35.2 Å². The average Bonchev–Trinajstić information content (AvgIpc) is 2.85. The summed E-state index contributed by atoms with van der Waals surface area (Å²) < 4.78 is 0. The van der Waals surface area contributed by atoms with Crippen molar-refractivity contribution in [3.05, 3.63) is 33.9 Å². The van der Waals surface area contributed by atoms with Crippen LogP contribution >= 0.6 is 23.2 Å². The van der Waals surface area contributed by atoms with Crippen LogP contribution in [-0.2, 0) is 0 Å². The van der Waals surface area contributed by atoms with Crippen LogP contribution in [0.25, 0.3) is 10.9 Å². The molecular formula is C17H21Cl2NOSi. The first-order valence-electron chi connectivity index (χ1n) is 7.85. The van der Waals surface area contributed by atoms with E-state index in [-0.39, 0.29) is 5.78 Å². The van der Waals surface area contributed by atoms with Gasteiger partial charge in [0.05, 0.1) is 10.7 Å². The van der Waals surface area contributed by atoms with Gasteiger partial charge >= 0.3 is 0 Å². The summed E-state index contributed by atoms with van der Waals surface area (Å²) >= 11 is 12.2. The molecule has 1 aromatic heterocycles. The molecule has 2 nitrogen and oxygen atoms in total. The number of aromatic nitrogens is 1. The number of rotatable bonds is 3. The second kappa shape index (κ2) is 6.03. The third kappa shape index (κ3) is 3.42. The van der Waals surface area contributed by atoms with Gasteiger partial charge in [-0.2, -0.15) is 0 Å². The molecule has 0 spiro atoms. The molecule has 2 aromatic rings. The molecule has 2 heterocycles. The molecule has 3 rings (SSSR count). The van der Waals surface area contributed by atoms with Gasteiger partial charge < -0.3 is 4.98 Å². The number of fused-ring (bicyclic) bond motifs is 1. The van der Waals surface area contributed by atoms with Crippen molar-refractivity contribution in [2.75, 3.05) is 0 Å². The topological polar surface area (TPSA) is 32.9 Å². The van der Waals surface area contributed by atoms with E-state index in [2.05, 4.69) is 18.1 Å². The molecule has 0 saturated carbocycles. The Morgan fingerprint density at radius 2 is 1.91 bits per heavy atom. The van der Waals surface area contributed by atoms with Gasteiger partial charge in [0.1, 0.15) is 0 Å². The maximum atomic E-state index is 12.5. The highest BCUT2D eigenvalue weighted by molar-refractivity contribution is 6.77. The van der Waals surface area contributed by atoms with Gasteiger partial charge in [0, 0.05) is 30.4 Å². The molecule has 5 heteroatoms. The maximum Gasteiger partial charge on any atom is 0.179 e. The number of carbonyl (C=O) groups is 1. The van der Waals surface area contributed by atoms with Crippen molar-refractivity contribution in [3.63, 3.8) is 0 Å². The fraction of sp³-hybridized carbons (Fsp3) is 0.471. The van der Waals surface area contributed by atoms with Crippen LogP contribution in [0.3, 0.4) is 0 Å². The van der Waals surface area contributed by atoms with E-state index >= 15 is 0 Å². The molecule has 1 N–H and O–H groups in total. The van der Waals surface area contributed by atoms with Gasteiger partial charge in [0.15, 0.2) is 5.78 Å². The third-order valence-corrected chi connectivity index (χ3v) is 8.70. The Kier molecular flexibility index (Phi) is 4.41. The highest BCUT2D eigenvalue weighted by atomic mass is 35.5. The number of H-pyrrole nitrogens is 1. The number of benzene rings is 1. The predicted octanol–water partition coefficient (Wildman–Crippen LogP) is 6.17. The van der Waals surface area contributed by atoms with Crippen molar-refractivity contribution in [2.45, 2.75) is 44.4 Å². The molecule has 1 aliphatic heterocycles. The lowest BCUT2D eigenvalue weighted by atomic mass is 9.95. The second-order valence-corrected chi connectivity index (χ2v) is 13.4. The molecule has 1 aromatic carbocycles. The van der Waals surface area contributed by atoms with Crippen molar-refractivity contribution >= 4 is 48.0 Å². The van der Waals surface area contributed by atoms with Crippen molar-refractivity contribution < 1.29 is 4.79 Å². The van der Waals surface area contributed by atoms with E-state index < -0.39 is 8.07 Å². The third-order valence-electron chi connectivity index (χ3n) is 4.89. The monoisotopic (exact) mass is 353 g/mol. The molecule has 1 saturated heterocycles. The maximum absolute atomic E-state index is 12.5. The Bertz CT molecular complexity index is 713. The summed E-state index contributed by atoms with van der Waals surface area (Å²) in [5, 5.41) is 2.03. The molecule has 0 atom stereocenters. The first-order valence-corrected chi connectivity index (χ1v) is 12.0. The van der Waals surface area contributed by atoms with E-state index in [0.717, 1.165) is 10.9 Å². The van der Waals surface area contributed by atoms with Gasteiger partial charge in [-0.25, -0.2) is 0 Å². The van der Waals surface area contributed by atoms with Gasteiger partial charge in [-0.3, -0.25) is 4.79 Å². The molecular weight excluding hydrogens is 333 g/mol. The van der Waals surface area contributed by atoms with Crippen LogP contribution in [0.15, 0.2) is 18.2 Å². The lowest BCUT2D eigenvalue weighted by Gasteiger charge is -2.32. The van der Waals surface area contributed by atoms with Crippen LogP contribution in [0, 0.1) is 5.92 Å². The standard InChI is InChI=1S/C17H21Cl2NOSi/c1-22(2)5-3-11(4-6-22)7-17(21)16-10-13-14(19)8-12(18)9-15(13)20-16/h8-11,20H,3-7H2,1-2H3. The summed E-state index contributed by atoms with van der Waals surface area (Å²) in [6, 6.07) is 8.08. The number of halogens is 2. The van der Waals surface area contributed by atoms with Crippen molar-refractivity contribution in [1.82, 2.24) is 4.98 Å². The smallest absolute Gasteiger partial charge is 0.179 e. The molecule has 118 valence electrons. The Hall–Kier alpha value is -0.773. The zero-order valence-electron chi connectivity index (χ0n) is 13.0. The first-order chi connectivity index (χ1) is 10.3. The number of hydrogen-bond acceptors (Lipinski definition) is 1. The highest BCUT2D eigenvalue weighted by Crippen LogP contribution is 2.35. The van der Waals surface area contributed by atoms with Crippen molar-refractivity contribution in [1.29, 1.82) is 0 Å². The van der Waals surface area contributed by atoms with E-state index in [1.54, 1.807) is 6.07 Å². The second-order valence-electron chi connectivity index (χ2n) is 7.27. The van der Waals surface area contributed by atoms with Gasteiger partial charge in [0.25, 0.3) is 0 Å². The molecule has 0 aliphatic carbocycles. The lowest BCUT2D eigenvalue weighted by molar-refractivity contribution is 0.0953. The van der Waals surface area contributed by atoms with Gasteiger partial charge in [-0.05, 0) is 24.1 Å². The normalized spacial score (nSPS) is 18.7. The zero-order chi connectivity index (χ0) is 15.9. The number of ketones is 1. The molecule has 0 amide bonds. The van der Waals surface area contributed by atoms with Gasteiger partial charge in [0.2, 0.25) is 0 Å². The fourth-order valence-electron chi connectivity index (χ4n) is 3.35. The van der Waals surface area contributed by atoms with E-state index in [1.807, 2.05) is 12.1 Å². The fourth-order valence-corrected chi connectivity index (χ4v) is 6.52. The Morgan fingerprint density at radius 3 is 2.59 bits per heavy atom. The van der Waals surface area contributed by atoms with Crippen LogP contribution < -0.4 is 0 Å². The SMILES string of the molecule is C[Si]1(C)CCC(CC(=O)c2cc3c(Cl)cc(Cl)cc3[nH]2)CC1. The number of nitrogens with one attached hydrogen (secondary N) is 1. The molecule has 0 bridgehead atoms. The molecule has 0 unspecified atom stereocenters. The number of hydrogen-bond donors (Lipinski definition) is 1. The predicted molar refractivity (Wildman–Crippen MR) is 97.1 cm³/mol. The number of carbonyl (C=O) groups excluding carboxylic acids is 1. The molecule has 1 aliphatic rings. The summed E-state index contributed by atoms with van der Waals surface area (Å²) in [7, 11) is -0.954. The molecule has 22 heavy (non-hydrogen) atoms. The van der Waals surface area contributed by atoms with E-state index in [9.17, 15) is 4.79 Å². The van der Waals surface area contributed by atoms with Crippen LogP contribution in [0.4, 0.5) is 0 Å². The van der Waals surface area contributed by atoms with E-state index in [4.69, 9.17) is 23.2 Å². The molecule has 0 radical (unpaired) electrons. The zero-order valence-corrected chi connectivity index (χ0v) is 15.5. The largest absolute Gasteiger partial charge is 0.352 e. The minimum absolute atomic E-state index is 0.190. The first kappa shape index (κ1) is 16.1. The highest BCUT2D eigenvalue weighted by Gasteiger charge is 2.29. The number of Topliss-reactive ketones (excluding diaryl/α,β-unsaturated/α-hetero) is 1. The van der Waals surface area contributed by atoms with E-state index in [1.165, 1.54) is 24.9 Å². The van der Waals surface area contributed by atoms with Crippen molar-refractivity contribution in [2.24, 2.45) is 5.92 Å². The summed E-state index contributed by atoms with van der Waals surface area (Å²) in [5.41, 5.74) is 1.49. The minimum Gasteiger partial charge on any atom is -0.352 e. The van der Waals surface area contributed by atoms with Crippen LogP contribution in [-0.4, -0.2) is 18.8 Å². The van der Waals surface area contributed by atoms with Gasteiger partial charge in [-0.15, -0.1) is 0 Å². The Labute approximate surface area is 142 Å². The van der Waals surface area contributed by atoms with Crippen molar-refractivity contribution in [3.8, 4) is 0 Å². The lowest BCUT2D eigenvalue weighted by Crippen LogP contribution is -2.31. The summed E-state index contributed by atoms with van der Waals surface area (Å²) in [6.45, 7) is 4.91. The van der Waals surface area contributed by atoms with Gasteiger partial charge in [-0.1, -0.05) is 61.2 Å². The average molecular weight is 354 g/mol. The summed E-state index contributed by atoms with van der Waals surface area (Å²) in [6.07, 6.45) is 3.05. The van der Waals surface area contributed by atoms with E-state index in [0.29, 0.717) is 28.1 Å². The summed E-state index contributed by atoms with van der Waals surface area (Å²) in [4.78, 5) is 15.7.